The first-order valence-electron chi connectivity index (χ1n) is 8.35. The van der Waals surface area contributed by atoms with E-state index in [2.05, 4.69) is 11.9 Å². The van der Waals surface area contributed by atoms with Crippen molar-refractivity contribution in [3.63, 3.8) is 0 Å². The Morgan fingerprint density at radius 1 is 1.25 bits per heavy atom. The Morgan fingerprint density at radius 2 is 1.93 bits per heavy atom. The molecule has 150 valence electrons. The van der Waals surface area contributed by atoms with Crippen molar-refractivity contribution in [1.29, 1.82) is 0 Å². The van der Waals surface area contributed by atoms with Crippen molar-refractivity contribution in [2.45, 2.75) is 12.7 Å². The smallest absolute Gasteiger partial charge is 0.418 e. The number of nitrogens with zero attached hydrogens (tertiary/aromatic N) is 1. The van der Waals surface area contributed by atoms with Crippen molar-refractivity contribution in [3.05, 3.63) is 71.3 Å². The molecule has 0 atom stereocenters. The van der Waals surface area contributed by atoms with Gasteiger partial charge in [0, 0.05) is 18.1 Å². The van der Waals surface area contributed by atoms with Crippen molar-refractivity contribution in [1.82, 2.24) is 4.90 Å². The van der Waals surface area contributed by atoms with Gasteiger partial charge >= 0.3 is 6.18 Å². The number of methoxy groups -OCH3 is 1. The summed E-state index contributed by atoms with van der Waals surface area (Å²) in [5, 5.41) is 2.27. The van der Waals surface area contributed by atoms with E-state index in [9.17, 15) is 18.0 Å². The maximum atomic E-state index is 13.2. The first-order valence-corrected chi connectivity index (χ1v) is 8.73. The minimum absolute atomic E-state index is 0.0573. The molecule has 0 radical (unpaired) electrons. The van der Waals surface area contributed by atoms with Gasteiger partial charge in [0.2, 0.25) is 5.91 Å². The van der Waals surface area contributed by atoms with E-state index >= 15 is 0 Å². The van der Waals surface area contributed by atoms with Crippen LogP contribution in [0.2, 0.25) is 5.02 Å². The number of carbonyl (C=O) groups excluding carboxylic acids is 1. The lowest BCUT2D eigenvalue weighted by molar-refractivity contribution is -0.137. The Kier molecular flexibility index (Phi) is 7.48. The first-order chi connectivity index (χ1) is 13.2. The van der Waals surface area contributed by atoms with Crippen LogP contribution in [0.5, 0.6) is 5.75 Å². The van der Waals surface area contributed by atoms with Gasteiger partial charge < -0.3 is 10.1 Å². The average molecular weight is 413 g/mol. The van der Waals surface area contributed by atoms with Crippen molar-refractivity contribution in [2.24, 2.45) is 0 Å². The summed E-state index contributed by atoms with van der Waals surface area (Å²) in [6.07, 6.45) is -3.00. The van der Waals surface area contributed by atoms with Crippen LogP contribution >= 0.6 is 11.6 Å². The summed E-state index contributed by atoms with van der Waals surface area (Å²) in [5.74, 6) is 0.141. The Morgan fingerprint density at radius 3 is 2.50 bits per heavy atom. The predicted molar refractivity (Wildman–Crippen MR) is 104 cm³/mol. The molecule has 0 aliphatic heterocycles. The summed E-state index contributed by atoms with van der Waals surface area (Å²) >= 11 is 5.66. The van der Waals surface area contributed by atoms with Gasteiger partial charge in [-0.25, -0.2) is 0 Å². The number of alkyl halides is 3. The first kappa shape index (κ1) is 21.8. The van der Waals surface area contributed by atoms with Crippen LogP contribution in [-0.2, 0) is 17.5 Å². The molecule has 0 fully saturated rings. The molecule has 0 heterocycles. The van der Waals surface area contributed by atoms with Crippen LogP contribution < -0.4 is 10.1 Å². The van der Waals surface area contributed by atoms with E-state index in [1.165, 1.54) is 6.07 Å². The van der Waals surface area contributed by atoms with Crippen LogP contribution in [-0.4, -0.2) is 31.0 Å². The van der Waals surface area contributed by atoms with E-state index < -0.39 is 17.6 Å². The Labute approximate surface area is 166 Å². The maximum absolute atomic E-state index is 13.2. The molecule has 28 heavy (non-hydrogen) atoms. The number of nitrogens with one attached hydrogen (secondary N) is 1. The molecule has 2 aromatic rings. The standard InChI is InChI=1S/C20H20ClF3N2O2/c1-3-10-26(12-14-4-7-16(28-2)8-5-14)13-19(27)25-18-9-6-15(21)11-17(18)20(22,23)24/h3-9,11H,1,10,12-13H2,2H3,(H,25,27). The molecule has 1 amide bonds. The predicted octanol–water partition coefficient (Wildman–Crippen LogP) is 4.99. The van der Waals surface area contributed by atoms with Gasteiger partial charge in [0.25, 0.3) is 0 Å². The SMILES string of the molecule is C=CCN(CC(=O)Nc1ccc(Cl)cc1C(F)(F)F)Cc1ccc(OC)cc1. The van der Waals surface area contributed by atoms with E-state index in [0.717, 1.165) is 17.7 Å². The second-order valence-corrected chi connectivity index (χ2v) is 6.48. The van der Waals surface area contributed by atoms with Gasteiger partial charge in [0.1, 0.15) is 5.75 Å². The lowest BCUT2D eigenvalue weighted by Gasteiger charge is -2.21. The fraction of sp³-hybridized carbons (Fsp3) is 0.250. The highest BCUT2D eigenvalue weighted by Gasteiger charge is 2.34. The highest BCUT2D eigenvalue weighted by Crippen LogP contribution is 2.36. The lowest BCUT2D eigenvalue weighted by atomic mass is 10.1. The molecule has 1 N–H and O–H groups in total. The van der Waals surface area contributed by atoms with Crippen LogP contribution in [0.25, 0.3) is 0 Å². The van der Waals surface area contributed by atoms with Gasteiger partial charge in [0.15, 0.2) is 0 Å². The van der Waals surface area contributed by atoms with Gasteiger partial charge in [-0.15, -0.1) is 6.58 Å². The quantitative estimate of drug-likeness (QED) is 0.621. The van der Waals surface area contributed by atoms with Gasteiger partial charge in [0.05, 0.1) is 24.9 Å². The molecular formula is C20H20ClF3N2O2. The van der Waals surface area contributed by atoms with E-state index in [1.807, 2.05) is 12.1 Å². The normalized spacial score (nSPS) is 11.4. The van der Waals surface area contributed by atoms with E-state index in [0.29, 0.717) is 18.8 Å². The molecule has 0 saturated heterocycles. The third-order valence-corrected chi connectivity index (χ3v) is 4.12. The number of rotatable bonds is 8. The number of anilines is 1. The Bertz CT molecular complexity index is 823. The highest BCUT2D eigenvalue weighted by molar-refractivity contribution is 6.30. The summed E-state index contributed by atoms with van der Waals surface area (Å²) < 4.78 is 44.6. The molecule has 0 aliphatic carbocycles. The minimum atomic E-state index is -4.63. The zero-order valence-corrected chi connectivity index (χ0v) is 16.0. The molecule has 0 bridgehead atoms. The van der Waals surface area contributed by atoms with Crippen LogP contribution in [0.15, 0.2) is 55.1 Å². The zero-order valence-electron chi connectivity index (χ0n) is 15.2. The molecule has 0 saturated carbocycles. The van der Waals surface area contributed by atoms with E-state index in [1.54, 1.807) is 30.2 Å². The molecule has 4 nitrogen and oxygen atoms in total. The molecular weight excluding hydrogens is 393 g/mol. The fourth-order valence-electron chi connectivity index (χ4n) is 2.61. The number of amides is 1. The van der Waals surface area contributed by atoms with Gasteiger partial charge in [-0.2, -0.15) is 13.2 Å². The topological polar surface area (TPSA) is 41.6 Å². The van der Waals surface area contributed by atoms with Gasteiger partial charge in [-0.3, -0.25) is 9.69 Å². The third kappa shape index (κ3) is 6.28. The number of halogens is 4. The summed E-state index contributed by atoms with van der Waals surface area (Å²) in [7, 11) is 1.56. The van der Waals surface area contributed by atoms with E-state index in [-0.39, 0.29) is 17.3 Å². The Balaban J connectivity index is 2.09. The van der Waals surface area contributed by atoms with Crippen LogP contribution in [0, 0.1) is 0 Å². The minimum Gasteiger partial charge on any atom is -0.497 e. The molecule has 0 unspecified atom stereocenters. The number of hydrogen-bond acceptors (Lipinski definition) is 3. The maximum Gasteiger partial charge on any atom is 0.418 e. The molecule has 2 rings (SSSR count). The summed E-state index contributed by atoms with van der Waals surface area (Å²) in [6.45, 7) is 4.38. The largest absolute Gasteiger partial charge is 0.497 e. The lowest BCUT2D eigenvalue weighted by Crippen LogP contribution is -2.33. The van der Waals surface area contributed by atoms with Gasteiger partial charge in [-0.05, 0) is 35.9 Å². The van der Waals surface area contributed by atoms with Crippen LogP contribution in [0.3, 0.4) is 0 Å². The summed E-state index contributed by atoms with van der Waals surface area (Å²) in [4.78, 5) is 14.1. The third-order valence-electron chi connectivity index (χ3n) is 3.88. The summed E-state index contributed by atoms with van der Waals surface area (Å²) in [5.41, 5.74) is -0.387. The number of carbonyl (C=O) groups is 1. The molecule has 0 aliphatic rings. The van der Waals surface area contributed by atoms with Crippen molar-refractivity contribution in [3.8, 4) is 5.75 Å². The number of hydrogen-bond donors (Lipinski definition) is 1. The van der Waals surface area contributed by atoms with Gasteiger partial charge in [-0.1, -0.05) is 29.8 Å². The van der Waals surface area contributed by atoms with Crippen molar-refractivity contribution >= 4 is 23.2 Å². The monoisotopic (exact) mass is 412 g/mol. The van der Waals surface area contributed by atoms with Crippen molar-refractivity contribution < 1.29 is 22.7 Å². The fourth-order valence-corrected chi connectivity index (χ4v) is 2.78. The number of benzene rings is 2. The zero-order chi connectivity index (χ0) is 20.7. The van der Waals surface area contributed by atoms with Crippen LogP contribution in [0.1, 0.15) is 11.1 Å². The van der Waals surface area contributed by atoms with Crippen LogP contribution in [0.4, 0.5) is 18.9 Å². The molecule has 2 aromatic carbocycles. The molecule has 0 spiro atoms. The second-order valence-electron chi connectivity index (χ2n) is 6.04. The van der Waals surface area contributed by atoms with Crippen molar-refractivity contribution in [2.75, 3.05) is 25.5 Å². The van der Waals surface area contributed by atoms with E-state index in [4.69, 9.17) is 16.3 Å². The average Bonchev–Trinajstić information content (AvgIpc) is 2.63. The molecule has 0 aromatic heterocycles. The molecule has 8 heteroatoms. The highest BCUT2D eigenvalue weighted by atomic mass is 35.5. The summed E-state index contributed by atoms with van der Waals surface area (Å²) in [6, 6.07) is 10.5. The Hall–Kier alpha value is -2.51. The second kappa shape index (κ2) is 9.61. The number of ether oxygens (including phenoxy) is 1.